The Morgan fingerprint density at radius 1 is 0.962 bits per heavy atom. The third kappa shape index (κ3) is 4.08. The predicted molar refractivity (Wildman–Crippen MR) is 105 cm³/mol. The maximum atomic E-state index is 12.4. The molecule has 4 nitrogen and oxygen atoms in total. The van der Waals surface area contributed by atoms with Crippen molar-refractivity contribution in [3.05, 3.63) is 77.9 Å². The third-order valence-electron chi connectivity index (χ3n) is 4.43. The maximum absolute atomic E-state index is 12.4. The van der Waals surface area contributed by atoms with Gasteiger partial charge in [0.25, 0.3) is 0 Å². The Balaban J connectivity index is 1.66. The van der Waals surface area contributed by atoms with Crippen LogP contribution in [0.1, 0.15) is 31.0 Å². The molecule has 0 heterocycles. The molecule has 0 bridgehead atoms. The van der Waals surface area contributed by atoms with Crippen LogP contribution in [0.4, 0.5) is 5.69 Å². The second kappa shape index (κ2) is 7.81. The van der Waals surface area contributed by atoms with Crippen molar-refractivity contribution < 1.29 is 4.79 Å². The zero-order chi connectivity index (χ0) is 18.5. The van der Waals surface area contributed by atoms with E-state index in [2.05, 4.69) is 47.0 Å². The Morgan fingerprint density at radius 2 is 1.73 bits per heavy atom. The molecule has 2 atom stereocenters. The Kier molecular flexibility index (Phi) is 5.31. The van der Waals surface area contributed by atoms with E-state index >= 15 is 0 Å². The quantitative estimate of drug-likeness (QED) is 0.722. The molecule has 4 heteroatoms. The highest BCUT2D eigenvalue weighted by molar-refractivity contribution is 5.94. The molecule has 0 spiro atoms. The number of nitrogens with zero attached hydrogens (tertiary/aromatic N) is 1. The number of nitriles is 1. The Bertz CT molecular complexity index is 974. The molecule has 3 rings (SSSR count). The van der Waals surface area contributed by atoms with Gasteiger partial charge in [-0.15, -0.1) is 0 Å². The first-order chi connectivity index (χ1) is 12.6. The summed E-state index contributed by atoms with van der Waals surface area (Å²) in [5.74, 6) is -0.132. The van der Waals surface area contributed by atoms with Gasteiger partial charge in [0.15, 0.2) is 0 Å². The van der Waals surface area contributed by atoms with E-state index in [9.17, 15) is 4.79 Å². The van der Waals surface area contributed by atoms with Crippen LogP contribution >= 0.6 is 0 Å². The van der Waals surface area contributed by atoms with Crippen molar-refractivity contribution in [1.29, 1.82) is 5.26 Å². The van der Waals surface area contributed by atoms with E-state index in [1.54, 1.807) is 24.3 Å². The summed E-state index contributed by atoms with van der Waals surface area (Å²) in [5.41, 5.74) is 2.28. The highest BCUT2D eigenvalue weighted by atomic mass is 16.2. The fourth-order valence-electron chi connectivity index (χ4n) is 2.94. The van der Waals surface area contributed by atoms with Crippen LogP contribution in [0.25, 0.3) is 10.8 Å². The smallest absolute Gasteiger partial charge is 0.241 e. The average molecular weight is 343 g/mol. The Hall–Kier alpha value is -3.16. The zero-order valence-corrected chi connectivity index (χ0v) is 14.9. The molecule has 0 aliphatic rings. The van der Waals surface area contributed by atoms with Crippen LogP contribution in [-0.4, -0.2) is 11.9 Å². The minimum absolute atomic E-state index is 0.0331. The molecule has 130 valence electrons. The number of benzene rings is 3. The van der Waals surface area contributed by atoms with Crippen LogP contribution < -0.4 is 10.6 Å². The van der Waals surface area contributed by atoms with Gasteiger partial charge >= 0.3 is 0 Å². The highest BCUT2D eigenvalue weighted by Crippen LogP contribution is 2.20. The van der Waals surface area contributed by atoms with Crippen molar-refractivity contribution in [3.63, 3.8) is 0 Å². The number of nitrogens with one attached hydrogen (secondary N) is 2. The van der Waals surface area contributed by atoms with Gasteiger partial charge in [0.05, 0.1) is 17.7 Å². The van der Waals surface area contributed by atoms with E-state index in [1.165, 1.54) is 10.8 Å². The first-order valence-electron chi connectivity index (χ1n) is 8.62. The number of carbonyl (C=O) groups is 1. The van der Waals surface area contributed by atoms with E-state index in [1.807, 2.05) is 26.0 Å². The highest BCUT2D eigenvalue weighted by Gasteiger charge is 2.16. The standard InChI is InChI=1S/C22H21N3O/c1-15(19-11-10-18-7-3-4-8-20(18)13-19)24-16(2)22(26)25-21-9-5-6-17(12-21)14-23/h3-13,15-16,24H,1-2H3,(H,25,26)/t15-,16+/m0/s1. The van der Waals surface area contributed by atoms with E-state index in [4.69, 9.17) is 5.26 Å². The summed E-state index contributed by atoms with van der Waals surface area (Å²) in [6, 6.07) is 23.2. The van der Waals surface area contributed by atoms with Crippen LogP contribution in [0.5, 0.6) is 0 Å². The number of carbonyl (C=O) groups excluding carboxylic acids is 1. The maximum Gasteiger partial charge on any atom is 0.241 e. The van der Waals surface area contributed by atoms with E-state index in [0.29, 0.717) is 11.3 Å². The molecule has 0 saturated carbocycles. The Morgan fingerprint density at radius 3 is 2.50 bits per heavy atom. The number of rotatable bonds is 5. The molecule has 0 aliphatic carbocycles. The van der Waals surface area contributed by atoms with E-state index in [0.717, 1.165) is 5.56 Å². The molecule has 1 amide bonds. The summed E-state index contributed by atoms with van der Waals surface area (Å²) in [6.07, 6.45) is 0. The molecule has 0 aliphatic heterocycles. The molecule has 0 aromatic heterocycles. The van der Waals surface area contributed by atoms with Crippen LogP contribution in [-0.2, 0) is 4.79 Å². The van der Waals surface area contributed by atoms with Crippen molar-refractivity contribution in [2.45, 2.75) is 25.9 Å². The van der Waals surface area contributed by atoms with Crippen LogP contribution in [0.2, 0.25) is 0 Å². The molecule has 0 unspecified atom stereocenters. The molecule has 0 fully saturated rings. The fourth-order valence-corrected chi connectivity index (χ4v) is 2.94. The van der Waals surface area contributed by atoms with E-state index in [-0.39, 0.29) is 18.0 Å². The third-order valence-corrected chi connectivity index (χ3v) is 4.43. The molecule has 3 aromatic carbocycles. The SMILES string of the molecule is C[C@H](N[C@H](C)C(=O)Nc1cccc(C#N)c1)c1ccc2ccccc2c1. The number of hydrogen-bond donors (Lipinski definition) is 2. The molecule has 26 heavy (non-hydrogen) atoms. The monoisotopic (exact) mass is 343 g/mol. The predicted octanol–water partition coefficient (Wildman–Crippen LogP) is 4.39. The van der Waals surface area contributed by atoms with Crippen molar-refractivity contribution in [3.8, 4) is 6.07 Å². The minimum atomic E-state index is -0.373. The average Bonchev–Trinajstić information content (AvgIpc) is 2.67. The summed E-state index contributed by atoms with van der Waals surface area (Å²) < 4.78 is 0. The summed E-state index contributed by atoms with van der Waals surface area (Å²) in [6.45, 7) is 3.88. The van der Waals surface area contributed by atoms with Crippen LogP contribution in [0.3, 0.4) is 0 Å². The lowest BCUT2D eigenvalue weighted by Crippen LogP contribution is -2.39. The van der Waals surface area contributed by atoms with Crippen molar-refractivity contribution in [2.24, 2.45) is 0 Å². The molecule has 3 aromatic rings. The molecule has 0 radical (unpaired) electrons. The van der Waals surface area contributed by atoms with Crippen LogP contribution in [0.15, 0.2) is 66.7 Å². The lowest BCUT2D eigenvalue weighted by molar-refractivity contribution is -0.117. The van der Waals surface area contributed by atoms with Gasteiger partial charge in [-0.2, -0.15) is 5.26 Å². The van der Waals surface area contributed by atoms with Gasteiger partial charge in [0.2, 0.25) is 5.91 Å². The van der Waals surface area contributed by atoms with Gasteiger partial charge in [-0.1, -0.05) is 42.5 Å². The van der Waals surface area contributed by atoms with Crippen molar-refractivity contribution in [2.75, 3.05) is 5.32 Å². The lowest BCUT2D eigenvalue weighted by atomic mass is 10.0. The Labute approximate surface area is 153 Å². The lowest BCUT2D eigenvalue weighted by Gasteiger charge is -2.20. The second-order valence-electron chi connectivity index (χ2n) is 6.40. The van der Waals surface area contributed by atoms with Gasteiger partial charge in [0.1, 0.15) is 0 Å². The number of anilines is 1. The van der Waals surface area contributed by atoms with Gasteiger partial charge in [-0.05, 0) is 54.4 Å². The normalized spacial score (nSPS) is 13.0. The van der Waals surface area contributed by atoms with E-state index < -0.39 is 0 Å². The topological polar surface area (TPSA) is 64.9 Å². The summed E-state index contributed by atoms with van der Waals surface area (Å²) in [4.78, 5) is 12.4. The first kappa shape index (κ1) is 17.7. The minimum Gasteiger partial charge on any atom is -0.325 e. The second-order valence-corrected chi connectivity index (χ2v) is 6.40. The van der Waals surface area contributed by atoms with Crippen molar-refractivity contribution >= 4 is 22.4 Å². The molecule has 0 saturated heterocycles. The molecular weight excluding hydrogens is 322 g/mol. The van der Waals surface area contributed by atoms with Gasteiger partial charge < -0.3 is 5.32 Å². The number of fused-ring (bicyclic) bond motifs is 1. The summed E-state index contributed by atoms with van der Waals surface area (Å²) in [7, 11) is 0. The van der Waals surface area contributed by atoms with Gasteiger partial charge in [-0.3, -0.25) is 10.1 Å². The van der Waals surface area contributed by atoms with Gasteiger partial charge in [-0.25, -0.2) is 0 Å². The molecular formula is C22H21N3O. The van der Waals surface area contributed by atoms with Crippen molar-refractivity contribution in [1.82, 2.24) is 5.32 Å². The molecule has 2 N–H and O–H groups in total. The first-order valence-corrected chi connectivity index (χ1v) is 8.62. The fraction of sp³-hybridized carbons (Fsp3) is 0.182. The number of hydrogen-bond acceptors (Lipinski definition) is 3. The summed E-state index contributed by atoms with van der Waals surface area (Å²) >= 11 is 0. The van der Waals surface area contributed by atoms with Gasteiger partial charge in [0, 0.05) is 11.7 Å². The largest absolute Gasteiger partial charge is 0.325 e. The van der Waals surface area contributed by atoms with Crippen LogP contribution in [0, 0.1) is 11.3 Å². The number of amides is 1. The summed E-state index contributed by atoms with van der Waals surface area (Å²) in [5, 5.41) is 17.5. The zero-order valence-electron chi connectivity index (χ0n) is 14.9.